The monoisotopic (exact) mass is 610 g/mol. The predicted molar refractivity (Wildman–Crippen MR) is 159 cm³/mol. The number of rotatable bonds is 7. The molecular weight excluding hydrogens is 567 g/mol. The number of piperidine rings is 1. The Morgan fingerprint density at radius 3 is 2.83 bits per heavy atom. The van der Waals surface area contributed by atoms with Crippen LogP contribution in [0.25, 0.3) is 0 Å². The van der Waals surface area contributed by atoms with Gasteiger partial charge in [0.2, 0.25) is 0 Å². The predicted octanol–water partition coefficient (Wildman–Crippen LogP) is 3.43. The number of ether oxygens (including phenoxy) is 1. The fraction of sp³-hybridized carbons (Fsp3) is 0.833. The number of halogens is 2. The lowest BCUT2D eigenvalue weighted by Gasteiger charge is -2.47. The summed E-state index contributed by atoms with van der Waals surface area (Å²) in [4.78, 5) is 32.6. The summed E-state index contributed by atoms with van der Waals surface area (Å²) < 4.78 is 22.2. The van der Waals surface area contributed by atoms with Crippen LogP contribution in [0.1, 0.15) is 62.5 Å². The minimum absolute atomic E-state index is 0.0226. The van der Waals surface area contributed by atoms with Crippen LogP contribution in [0.4, 0.5) is 4.39 Å². The van der Waals surface area contributed by atoms with E-state index in [2.05, 4.69) is 17.1 Å². The van der Waals surface area contributed by atoms with Crippen LogP contribution in [0.5, 0.6) is 0 Å². The minimum atomic E-state index is -0.760. The fourth-order valence-electron chi connectivity index (χ4n) is 8.37. The molecular formula is C30H44ClFN4O4S. The molecule has 1 aromatic rings. The van der Waals surface area contributed by atoms with Crippen molar-refractivity contribution in [3.8, 4) is 0 Å². The smallest absolute Gasteiger partial charge is 0.308 e. The first kappa shape index (κ1) is 29.9. The molecule has 8 nitrogen and oxygen atoms in total. The zero-order valence-corrected chi connectivity index (χ0v) is 25.7. The SMILES string of the molecule is Cc1nc2c(c(=O)n1CCOC1CCC(Cl)CC1C1CC(C)NC3C(C(=O)O)CSC13)C[C@@H](N1CC[C@H](F)C1)CC2. The number of nitrogens with one attached hydrogen (secondary N) is 1. The van der Waals surface area contributed by atoms with Crippen LogP contribution in [0.15, 0.2) is 4.79 Å². The van der Waals surface area contributed by atoms with Crippen LogP contribution >= 0.6 is 23.4 Å². The van der Waals surface area contributed by atoms with Gasteiger partial charge in [0.25, 0.3) is 5.56 Å². The summed E-state index contributed by atoms with van der Waals surface area (Å²) in [5.41, 5.74) is 1.71. The van der Waals surface area contributed by atoms with Crippen LogP contribution in [0, 0.1) is 24.7 Å². The normalized spacial score (nSPS) is 39.4. The molecule has 41 heavy (non-hydrogen) atoms. The van der Waals surface area contributed by atoms with E-state index in [9.17, 15) is 19.1 Å². The van der Waals surface area contributed by atoms with E-state index in [1.807, 2.05) is 6.92 Å². The van der Waals surface area contributed by atoms with Crippen molar-refractivity contribution in [2.24, 2.45) is 17.8 Å². The van der Waals surface area contributed by atoms with Crippen molar-refractivity contribution in [1.82, 2.24) is 19.8 Å². The number of fused-ring (bicyclic) bond motifs is 2. The summed E-state index contributed by atoms with van der Waals surface area (Å²) in [7, 11) is 0. The van der Waals surface area contributed by atoms with Gasteiger partial charge in [-0.05, 0) is 77.0 Å². The number of hydrogen-bond donors (Lipinski definition) is 2. The number of nitrogens with zero attached hydrogens (tertiary/aromatic N) is 3. The minimum Gasteiger partial charge on any atom is -0.481 e. The molecule has 0 radical (unpaired) electrons. The third-order valence-electron chi connectivity index (χ3n) is 10.4. The van der Waals surface area contributed by atoms with Crippen LogP contribution in [-0.2, 0) is 28.9 Å². The Morgan fingerprint density at radius 1 is 1.24 bits per heavy atom. The molecule has 1 aromatic heterocycles. The van der Waals surface area contributed by atoms with Crippen LogP contribution in [0.2, 0.25) is 0 Å². The molecule has 228 valence electrons. The summed E-state index contributed by atoms with van der Waals surface area (Å²) in [6.45, 7) is 6.17. The maximum atomic E-state index is 13.8. The number of carbonyl (C=O) groups is 1. The van der Waals surface area contributed by atoms with Crippen LogP contribution in [-0.4, -0.2) is 92.0 Å². The van der Waals surface area contributed by atoms with E-state index in [1.165, 1.54) is 0 Å². The van der Waals surface area contributed by atoms with Gasteiger partial charge in [-0.25, -0.2) is 9.37 Å². The quantitative estimate of drug-likeness (QED) is 0.454. The number of hydrogen-bond acceptors (Lipinski definition) is 7. The molecule has 6 rings (SSSR count). The van der Waals surface area contributed by atoms with Crippen molar-refractivity contribution in [1.29, 1.82) is 0 Å². The van der Waals surface area contributed by atoms with Crippen molar-refractivity contribution in [3.05, 3.63) is 27.4 Å². The molecule has 0 amide bonds. The van der Waals surface area contributed by atoms with Gasteiger partial charge in [-0.2, -0.15) is 11.8 Å². The second-order valence-electron chi connectivity index (χ2n) is 13.0. The van der Waals surface area contributed by atoms with Gasteiger partial charge in [0.05, 0.1) is 30.9 Å². The highest BCUT2D eigenvalue weighted by atomic mass is 35.5. The number of carboxylic acid groups (broad SMARTS) is 1. The average molecular weight is 611 g/mol. The molecule has 3 aliphatic heterocycles. The number of thioether (sulfide) groups is 1. The van der Waals surface area contributed by atoms with E-state index < -0.39 is 12.1 Å². The topological polar surface area (TPSA) is 96.7 Å². The van der Waals surface area contributed by atoms with Gasteiger partial charge in [0.1, 0.15) is 12.0 Å². The summed E-state index contributed by atoms with van der Waals surface area (Å²) >= 11 is 8.51. The number of aromatic nitrogens is 2. The molecule has 0 bridgehead atoms. The number of alkyl halides is 2. The lowest BCUT2D eigenvalue weighted by molar-refractivity contribution is -0.142. The first-order chi connectivity index (χ1) is 19.7. The van der Waals surface area contributed by atoms with Crippen molar-refractivity contribution in [3.63, 3.8) is 0 Å². The molecule has 1 saturated carbocycles. The summed E-state index contributed by atoms with van der Waals surface area (Å²) in [5.74, 6) is 0.902. The molecule has 10 atom stereocenters. The summed E-state index contributed by atoms with van der Waals surface area (Å²) in [6.07, 6.45) is 5.84. The van der Waals surface area contributed by atoms with Crippen molar-refractivity contribution >= 4 is 29.3 Å². The molecule has 2 aliphatic carbocycles. The van der Waals surface area contributed by atoms with Crippen LogP contribution < -0.4 is 10.9 Å². The zero-order valence-electron chi connectivity index (χ0n) is 24.1. The first-order valence-electron chi connectivity index (χ1n) is 15.5. The fourth-order valence-corrected chi connectivity index (χ4v) is 10.5. The first-order valence-corrected chi connectivity index (χ1v) is 17.0. The van der Waals surface area contributed by atoms with Gasteiger partial charge in [-0.3, -0.25) is 19.1 Å². The molecule has 8 unspecified atom stereocenters. The Labute approximate surface area is 251 Å². The molecule has 4 heterocycles. The summed E-state index contributed by atoms with van der Waals surface area (Å²) in [5, 5.41) is 13.7. The molecule has 5 aliphatic rings. The number of aryl methyl sites for hydroxylation is 2. The largest absolute Gasteiger partial charge is 0.481 e. The van der Waals surface area contributed by atoms with E-state index in [4.69, 9.17) is 21.3 Å². The molecule has 4 fully saturated rings. The third-order valence-corrected chi connectivity index (χ3v) is 12.4. The summed E-state index contributed by atoms with van der Waals surface area (Å²) in [6, 6.07) is 0.439. The average Bonchev–Trinajstić information content (AvgIpc) is 3.57. The van der Waals surface area contributed by atoms with E-state index in [-0.39, 0.29) is 52.3 Å². The van der Waals surface area contributed by atoms with E-state index in [0.29, 0.717) is 44.2 Å². The van der Waals surface area contributed by atoms with E-state index in [1.54, 1.807) is 16.3 Å². The van der Waals surface area contributed by atoms with Crippen molar-refractivity contribution < 1.29 is 19.0 Å². The highest BCUT2D eigenvalue weighted by Crippen LogP contribution is 2.48. The standard InChI is InChI=1S/C30H44ClFN4O4S/c1-16-11-22(28-27(33-16)24(15-41-28)30(38)39)21-12-18(31)3-6-26(21)40-10-9-36-17(2)34-25-5-4-20(13-23(25)29(36)37)35-8-7-19(32)14-35/h16,18-22,24,26-28,33H,3-15H2,1-2H3,(H,38,39)/t16?,18?,19-,20-,21?,22?,24?,26?,27?,28?/m0/s1. The Hall–Kier alpha value is -1.20. The highest BCUT2D eigenvalue weighted by Gasteiger charge is 2.51. The maximum Gasteiger partial charge on any atom is 0.308 e. The lowest BCUT2D eigenvalue weighted by atomic mass is 9.70. The Bertz CT molecular complexity index is 1190. The van der Waals surface area contributed by atoms with E-state index in [0.717, 1.165) is 62.2 Å². The van der Waals surface area contributed by atoms with Crippen molar-refractivity contribution in [2.75, 3.05) is 25.4 Å². The number of likely N-dealkylation sites (tertiary alicyclic amines) is 1. The highest BCUT2D eigenvalue weighted by molar-refractivity contribution is 8.00. The van der Waals surface area contributed by atoms with Gasteiger partial charge < -0.3 is 15.2 Å². The van der Waals surface area contributed by atoms with E-state index >= 15 is 0 Å². The molecule has 3 saturated heterocycles. The Balaban J connectivity index is 1.14. The number of carboxylic acids is 1. The second-order valence-corrected chi connectivity index (χ2v) is 14.9. The third kappa shape index (κ3) is 6.10. The second kappa shape index (κ2) is 12.4. The van der Waals surface area contributed by atoms with Gasteiger partial charge in [-0.15, -0.1) is 11.6 Å². The Morgan fingerprint density at radius 2 is 2.07 bits per heavy atom. The maximum absolute atomic E-state index is 13.8. The van der Waals surface area contributed by atoms with Gasteiger partial charge in [-0.1, -0.05) is 0 Å². The van der Waals surface area contributed by atoms with Crippen molar-refractivity contribution in [2.45, 2.75) is 113 Å². The molecule has 2 N–H and O–H groups in total. The molecule has 11 heteroatoms. The van der Waals surface area contributed by atoms with Gasteiger partial charge >= 0.3 is 5.97 Å². The molecule has 0 spiro atoms. The van der Waals surface area contributed by atoms with Gasteiger partial charge in [0, 0.05) is 53.2 Å². The zero-order chi connectivity index (χ0) is 28.8. The number of aliphatic carboxylic acids is 1. The molecule has 0 aromatic carbocycles. The Kier molecular flexibility index (Phi) is 9.05. The van der Waals surface area contributed by atoms with Crippen LogP contribution in [0.3, 0.4) is 0 Å². The van der Waals surface area contributed by atoms with Gasteiger partial charge in [0.15, 0.2) is 0 Å². The lowest BCUT2D eigenvalue weighted by Crippen LogP contribution is -2.57.